The lowest BCUT2D eigenvalue weighted by atomic mass is 10.1. The summed E-state index contributed by atoms with van der Waals surface area (Å²) in [6.07, 6.45) is 2.50. The Morgan fingerprint density at radius 2 is 1.97 bits per heavy atom. The number of nitrogens with one attached hydrogen (secondary N) is 2. The molecule has 1 atom stereocenters. The van der Waals surface area contributed by atoms with Crippen LogP contribution in [-0.2, 0) is 25.5 Å². The topological polar surface area (TPSA) is 82.6 Å². The molecule has 0 aromatic heterocycles. The van der Waals surface area contributed by atoms with E-state index in [4.69, 9.17) is 28.7 Å². The first kappa shape index (κ1) is 26.1. The number of halogens is 1. The third kappa shape index (κ3) is 8.72. The zero-order valence-electron chi connectivity index (χ0n) is 18.6. The van der Waals surface area contributed by atoms with Crippen LogP contribution in [0.3, 0.4) is 0 Å². The van der Waals surface area contributed by atoms with Crippen LogP contribution in [0.15, 0.2) is 29.3 Å². The molecule has 0 aliphatic carbocycles. The average molecular weight is 549 g/mol. The van der Waals surface area contributed by atoms with Gasteiger partial charge in [-0.25, -0.2) is 4.99 Å². The molecule has 2 heterocycles. The summed E-state index contributed by atoms with van der Waals surface area (Å²) in [5.74, 6) is 1.14. The van der Waals surface area contributed by atoms with Gasteiger partial charge in [0.15, 0.2) is 11.7 Å². The highest BCUT2D eigenvalue weighted by molar-refractivity contribution is 14.0. The Bertz CT molecular complexity index is 653. The zero-order valence-corrected chi connectivity index (χ0v) is 20.9. The van der Waals surface area contributed by atoms with Gasteiger partial charge < -0.3 is 34.3 Å². The van der Waals surface area contributed by atoms with Gasteiger partial charge in [0.1, 0.15) is 11.9 Å². The monoisotopic (exact) mass is 549 g/mol. The summed E-state index contributed by atoms with van der Waals surface area (Å²) in [5, 5.41) is 6.79. The molecule has 0 amide bonds. The minimum absolute atomic E-state index is 0. The highest BCUT2D eigenvalue weighted by Gasteiger charge is 2.42. The summed E-state index contributed by atoms with van der Waals surface area (Å²) >= 11 is 0. The molecule has 2 N–H and O–H groups in total. The molecule has 2 saturated heterocycles. The van der Waals surface area contributed by atoms with Crippen molar-refractivity contribution in [2.75, 3.05) is 53.2 Å². The second kappa shape index (κ2) is 14.1. The molecule has 0 saturated carbocycles. The van der Waals surface area contributed by atoms with Gasteiger partial charge in [-0.1, -0.05) is 12.1 Å². The van der Waals surface area contributed by atoms with Crippen LogP contribution in [0.2, 0.25) is 0 Å². The van der Waals surface area contributed by atoms with Crippen molar-refractivity contribution in [2.45, 2.75) is 44.6 Å². The Labute approximate surface area is 202 Å². The van der Waals surface area contributed by atoms with E-state index in [9.17, 15) is 0 Å². The van der Waals surface area contributed by atoms with Gasteiger partial charge >= 0.3 is 0 Å². The number of nitrogens with zero attached hydrogens (tertiary/aromatic N) is 1. The first-order valence-electron chi connectivity index (χ1n) is 10.9. The van der Waals surface area contributed by atoms with Crippen molar-refractivity contribution in [3.8, 4) is 5.75 Å². The van der Waals surface area contributed by atoms with Crippen LogP contribution in [0.4, 0.5) is 0 Å². The van der Waals surface area contributed by atoms with Crippen LogP contribution in [0.25, 0.3) is 0 Å². The van der Waals surface area contributed by atoms with E-state index in [1.165, 1.54) is 0 Å². The van der Waals surface area contributed by atoms with Crippen LogP contribution in [-0.4, -0.2) is 71.1 Å². The first-order chi connectivity index (χ1) is 14.7. The van der Waals surface area contributed by atoms with Crippen LogP contribution in [0.1, 0.15) is 31.7 Å². The number of rotatable bonds is 10. The minimum atomic E-state index is -0.462. The molecule has 2 aliphatic heterocycles. The molecule has 2 aliphatic rings. The van der Waals surface area contributed by atoms with Gasteiger partial charge in [0, 0.05) is 39.1 Å². The smallest absolute Gasteiger partial charge is 0.191 e. The Kier molecular flexibility index (Phi) is 11.9. The number of benzene rings is 1. The van der Waals surface area contributed by atoms with E-state index in [2.05, 4.69) is 10.6 Å². The molecule has 0 radical (unpaired) electrons. The number of aliphatic imine (C=N–C) groups is 1. The SMILES string of the molecule is CCOCCCNC(=NCc1ccc(OC)cc1)NCC1COC2(CCOCC2)O1.I. The fourth-order valence-electron chi connectivity index (χ4n) is 3.47. The van der Waals surface area contributed by atoms with Crippen molar-refractivity contribution in [1.29, 1.82) is 0 Å². The second-order valence-corrected chi connectivity index (χ2v) is 7.44. The number of guanidine groups is 1. The third-order valence-corrected chi connectivity index (χ3v) is 5.21. The van der Waals surface area contributed by atoms with Gasteiger partial charge in [-0.2, -0.15) is 0 Å². The normalized spacial score (nSPS) is 20.3. The standard InChI is InChI=1S/C22H35N3O5.HI/c1-3-27-12-4-11-23-21(24-15-18-5-7-19(26-2)8-6-18)25-16-20-17-29-22(30-20)9-13-28-14-10-22;/h5-8,20H,3-4,9-17H2,1-2H3,(H2,23,24,25);1H. The summed E-state index contributed by atoms with van der Waals surface area (Å²) in [4.78, 5) is 4.73. The van der Waals surface area contributed by atoms with Gasteiger partial charge in [0.25, 0.3) is 0 Å². The van der Waals surface area contributed by atoms with Crippen LogP contribution >= 0.6 is 24.0 Å². The minimum Gasteiger partial charge on any atom is -0.497 e. The summed E-state index contributed by atoms with van der Waals surface area (Å²) in [6, 6.07) is 7.95. The van der Waals surface area contributed by atoms with E-state index in [0.29, 0.717) is 32.9 Å². The Morgan fingerprint density at radius 1 is 1.19 bits per heavy atom. The van der Waals surface area contributed by atoms with E-state index in [0.717, 1.165) is 56.3 Å². The van der Waals surface area contributed by atoms with Crippen molar-refractivity contribution in [3.05, 3.63) is 29.8 Å². The van der Waals surface area contributed by atoms with Crippen LogP contribution < -0.4 is 15.4 Å². The number of methoxy groups -OCH3 is 1. The van der Waals surface area contributed by atoms with Crippen molar-refractivity contribution in [3.63, 3.8) is 0 Å². The highest BCUT2D eigenvalue weighted by atomic mass is 127. The van der Waals surface area contributed by atoms with Crippen molar-refractivity contribution in [2.24, 2.45) is 4.99 Å². The Balaban J connectivity index is 0.00000341. The molecule has 176 valence electrons. The number of ether oxygens (including phenoxy) is 5. The van der Waals surface area contributed by atoms with Crippen LogP contribution in [0, 0.1) is 0 Å². The molecule has 31 heavy (non-hydrogen) atoms. The second-order valence-electron chi connectivity index (χ2n) is 7.44. The molecule has 1 aromatic rings. The lowest BCUT2D eigenvalue weighted by Gasteiger charge is -2.31. The summed E-state index contributed by atoms with van der Waals surface area (Å²) in [6.45, 7) is 7.46. The molecular formula is C22H36IN3O5. The predicted molar refractivity (Wildman–Crippen MR) is 130 cm³/mol. The largest absolute Gasteiger partial charge is 0.497 e. The van der Waals surface area contributed by atoms with Gasteiger partial charge in [-0.3, -0.25) is 0 Å². The molecule has 3 rings (SSSR count). The van der Waals surface area contributed by atoms with E-state index in [1.54, 1.807) is 7.11 Å². The molecule has 1 spiro atoms. The highest BCUT2D eigenvalue weighted by Crippen LogP contribution is 2.32. The summed E-state index contributed by atoms with van der Waals surface area (Å²) in [5.41, 5.74) is 1.12. The fraction of sp³-hybridized carbons (Fsp3) is 0.682. The lowest BCUT2D eigenvalue weighted by Crippen LogP contribution is -2.43. The molecule has 2 fully saturated rings. The van der Waals surface area contributed by atoms with Crippen LogP contribution in [0.5, 0.6) is 5.75 Å². The molecule has 1 unspecified atom stereocenters. The van der Waals surface area contributed by atoms with E-state index >= 15 is 0 Å². The zero-order chi connectivity index (χ0) is 21.1. The number of hydrogen-bond donors (Lipinski definition) is 2. The Hall–Kier alpha value is -1.14. The first-order valence-corrected chi connectivity index (χ1v) is 10.9. The van der Waals surface area contributed by atoms with Crippen molar-refractivity contribution < 1.29 is 23.7 Å². The lowest BCUT2D eigenvalue weighted by molar-refractivity contribution is -0.210. The van der Waals surface area contributed by atoms with Crippen molar-refractivity contribution >= 4 is 29.9 Å². The average Bonchev–Trinajstić information content (AvgIpc) is 3.17. The van der Waals surface area contributed by atoms with Gasteiger partial charge in [-0.15, -0.1) is 24.0 Å². The fourth-order valence-corrected chi connectivity index (χ4v) is 3.47. The maximum Gasteiger partial charge on any atom is 0.191 e. The maximum atomic E-state index is 6.20. The van der Waals surface area contributed by atoms with Gasteiger partial charge in [0.05, 0.1) is 33.5 Å². The van der Waals surface area contributed by atoms with E-state index < -0.39 is 5.79 Å². The van der Waals surface area contributed by atoms with Gasteiger partial charge in [-0.05, 0) is 31.0 Å². The summed E-state index contributed by atoms with van der Waals surface area (Å²) in [7, 11) is 1.67. The molecule has 0 bridgehead atoms. The number of hydrogen-bond acceptors (Lipinski definition) is 6. The summed E-state index contributed by atoms with van der Waals surface area (Å²) < 4.78 is 28.2. The maximum absolute atomic E-state index is 6.20. The quantitative estimate of drug-likeness (QED) is 0.201. The molecule has 9 heteroatoms. The predicted octanol–water partition coefficient (Wildman–Crippen LogP) is 2.70. The molecule has 8 nitrogen and oxygen atoms in total. The molecule has 1 aromatic carbocycles. The molecular weight excluding hydrogens is 513 g/mol. The van der Waals surface area contributed by atoms with E-state index in [1.807, 2.05) is 31.2 Å². The van der Waals surface area contributed by atoms with Gasteiger partial charge in [0.2, 0.25) is 0 Å². The van der Waals surface area contributed by atoms with Crippen molar-refractivity contribution in [1.82, 2.24) is 10.6 Å². The van der Waals surface area contributed by atoms with E-state index in [-0.39, 0.29) is 30.1 Å². The third-order valence-electron chi connectivity index (χ3n) is 5.21. The Morgan fingerprint density at radius 3 is 2.68 bits per heavy atom.